The third-order valence-corrected chi connectivity index (χ3v) is 3.65. The predicted octanol–water partition coefficient (Wildman–Crippen LogP) is 1.28. The van der Waals surface area contributed by atoms with Crippen molar-refractivity contribution in [3.05, 3.63) is 41.8 Å². The van der Waals surface area contributed by atoms with E-state index in [4.69, 9.17) is 4.52 Å². The number of rotatable bonds is 4. The lowest BCUT2D eigenvalue weighted by Gasteiger charge is -2.18. The zero-order valence-corrected chi connectivity index (χ0v) is 12.2. The van der Waals surface area contributed by atoms with Crippen LogP contribution in [0.2, 0.25) is 0 Å². The number of benzene rings is 1. The summed E-state index contributed by atoms with van der Waals surface area (Å²) >= 11 is 0. The quantitative estimate of drug-likeness (QED) is 0.890. The van der Waals surface area contributed by atoms with Gasteiger partial charge in [0.25, 0.3) is 5.91 Å². The molecule has 3 rings (SSSR count). The SMILES string of the molecule is CN(CC1CNNC1)C(=O)c1cc(-c2ccccc2F)on1. The van der Waals surface area contributed by atoms with Crippen LogP contribution in [0.5, 0.6) is 0 Å². The van der Waals surface area contributed by atoms with Crippen molar-refractivity contribution in [1.29, 1.82) is 0 Å². The molecule has 0 unspecified atom stereocenters. The summed E-state index contributed by atoms with van der Waals surface area (Å²) in [4.78, 5) is 13.9. The van der Waals surface area contributed by atoms with Crippen LogP contribution in [0.25, 0.3) is 11.3 Å². The van der Waals surface area contributed by atoms with Gasteiger partial charge in [-0.05, 0) is 12.1 Å². The van der Waals surface area contributed by atoms with Gasteiger partial charge in [0.05, 0.1) is 5.56 Å². The minimum Gasteiger partial charge on any atom is -0.355 e. The summed E-state index contributed by atoms with van der Waals surface area (Å²) in [5, 5.41) is 3.77. The minimum absolute atomic E-state index is 0.180. The second-order valence-electron chi connectivity index (χ2n) is 5.37. The molecule has 1 aliphatic rings. The summed E-state index contributed by atoms with van der Waals surface area (Å²) in [7, 11) is 1.72. The van der Waals surface area contributed by atoms with E-state index in [1.165, 1.54) is 12.1 Å². The van der Waals surface area contributed by atoms with Crippen molar-refractivity contribution < 1.29 is 13.7 Å². The number of aromatic nitrogens is 1. The van der Waals surface area contributed by atoms with Crippen LogP contribution in [-0.4, -0.2) is 42.6 Å². The van der Waals surface area contributed by atoms with Crippen LogP contribution in [0.1, 0.15) is 10.5 Å². The molecular weight excluding hydrogens is 287 g/mol. The summed E-state index contributed by atoms with van der Waals surface area (Å²) in [6.07, 6.45) is 0. The lowest BCUT2D eigenvalue weighted by Crippen LogP contribution is -2.33. The molecule has 1 saturated heterocycles. The summed E-state index contributed by atoms with van der Waals surface area (Å²) < 4.78 is 18.8. The normalized spacial score (nSPS) is 15.2. The average molecular weight is 304 g/mol. The average Bonchev–Trinajstić information content (AvgIpc) is 3.18. The molecule has 0 saturated carbocycles. The number of amides is 1. The summed E-state index contributed by atoms with van der Waals surface area (Å²) in [5.74, 6) is -0.0433. The van der Waals surface area contributed by atoms with Gasteiger partial charge in [-0.25, -0.2) is 4.39 Å². The van der Waals surface area contributed by atoms with Crippen LogP contribution in [0.15, 0.2) is 34.9 Å². The molecule has 2 aromatic rings. The van der Waals surface area contributed by atoms with E-state index in [-0.39, 0.29) is 17.4 Å². The Morgan fingerprint density at radius 2 is 2.14 bits per heavy atom. The van der Waals surface area contributed by atoms with Gasteiger partial charge in [0.2, 0.25) is 0 Å². The van der Waals surface area contributed by atoms with Crippen molar-refractivity contribution in [2.75, 3.05) is 26.7 Å². The number of hydrogen-bond acceptors (Lipinski definition) is 5. The van der Waals surface area contributed by atoms with E-state index in [1.807, 2.05) is 0 Å². The second kappa shape index (κ2) is 6.25. The molecule has 0 atom stereocenters. The highest BCUT2D eigenvalue weighted by molar-refractivity contribution is 5.93. The molecule has 0 spiro atoms. The fourth-order valence-corrected chi connectivity index (χ4v) is 2.46. The fourth-order valence-electron chi connectivity index (χ4n) is 2.46. The molecule has 2 heterocycles. The van der Waals surface area contributed by atoms with Crippen LogP contribution in [-0.2, 0) is 0 Å². The predicted molar refractivity (Wildman–Crippen MR) is 78.4 cm³/mol. The van der Waals surface area contributed by atoms with Crippen molar-refractivity contribution in [1.82, 2.24) is 20.9 Å². The zero-order valence-electron chi connectivity index (χ0n) is 12.2. The van der Waals surface area contributed by atoms with Crippen LogP contribution in [0, 0.1) is 11.7 Å². The van der Waals surface area contributed by atoms with Crippen LogP contribution in [0.3, 0.4) is 0 Å². The Bertz CT molecular complexity index is 667. The Labute approximate surface area is 127 Å². The van der Waals surface area contributed by atoms with Crippen molar-refractivity contribution in [3.8, 4) is 11.3 Å². The number of hydrazine groups is 1. The number of nitrogens with one attached hydrogen (secondary N) is 2. The molecule has 2 N–H and O–H groups in total. The first kappa shape index (κ1) is 14.7. The van der Waals surface area contributed by atoms with E-state index in [2.05, 4.69) is 16.0 Å². The lowest BCUT2D eigenvalue weighted by atomic mass is 10.1. The van der Waals surface area contributed by atoms with Gasteiger partial charge in [-0.15, -0.1) is 0 Å². The van der Waals surface area contributed by atoms with Crippen molar-refractivity contribution in [3.63, 3.8) is 0 Å². The lowest BCUT2D eigenvalue weighted by molar-refractivity contribution is 0.0768. The second-order valence-corrected chi connectivity index (χ2v) is 5.37. The van der Waals surface area contributed by atoms with Crippen molar-refractivity contribution >= 4 is 5.91 Å². The van der Waals surface area contributed by atoms with Gasteiger partial charge in [0.15, 0.2) is 11.5 Å². The van der Waals surface area contributed by atoms with Gasteiger partial charge in [0.1, 0.15) is 5.82 Å². The van der Waals surface area contributed by atoms with Crippen LogP contribution >= 0.6 is 0 Å². The van der Waals surface area contributed by atoms with Gasteiger partial charge in [-0.1, -0.05) is 17.3 Å². The molecule has 1 aromatic heterocycles. The Hall–Kier alpha value is -2.25. The first-order valence-corrected chi connectivity index (χ1v) is 7.08. The zero-order chi connectivity index (χ0) is 15.5. The van der Waals surface area contributed by atoms with E-state index in [1.54, 1.807) is 30.1 Å². The number of halogens is 1. The Balaban J connectivity index is 1.72. The Morgan fingerprint density at radius 1 is 1.41 bits per heavy atom. The van der Waals surface area contributed by atoms with Crippen LogP contribution in [0.4, 0.5) is 4.39 Å². The monoisotopic (exact) mass is 304 g/mol. The highest BCUT2D eigenvalue weighted by atomic mass is 19.1. The highest BCUT2D eigenvalue weighted by Gasteiger charge is 2.22. The fraction of sp³-hybridized carbons (Fsp3) is 0.333. The third kappa shape index (κ3) is 3.00. The maximum Gasteiger partial charge on any atom is 0.275 e. The molecule has 1 fully saturated rings. The number of hydrogen-bond donors (Lipinski definition) is 2. The standard InChI is InChI=1S/C15H17FN4O2/c1-20(9-10-7-17-18-8-10)15(21)13-6-14(22-19-13)11-4-2-3-5-12(11)16/h2-6,10,17-18H,7-9H2,1H3. The summed E-state index contributed by atoms with van der Waals surface area (Å²) in [6.45, 7) is 2.24. The largest absolute Gasteiger partial charge is 0.355 e. The molecule has 1 aromatic carbocycles. The van der Waals surface area contributed by atoms with Gasteiger partial charge in [-0.2, -0.15) is 0 Å². The van der Waals surface area contributed by atoms with E-state index >= 15 is 0 Å². The molecule has 116 valence electrons. The molecule has 6 nitrogen and oxygen atoms in total. The van der Waals surface area contributed by atoms with Gasteiger partial charge >= 0.3 is 0 Å². The topological polar surface area (TPSA) is 70.4 Å². The molecule has 1 amide bonds. The van der Waals surface area contributed by atoms with Gasteiger partial charge in [0, 0.05) is 38.7 Å². The summed E-state index contributed by atoms with van der Waals surface area (Å²) in [5.41, 5.74) is 6.52. The molecule has 22 heavy (non-hydrogen) atoms. The van der Waals surface area contributed by atoms with Gasteiger partial charge < -0.3 is 9.42 Å². The number of carbonyl (C=O) groups excluding carboxylic acids is 1. The first-order valence-electron chi connectivity index (χ1n) is 7.08. The van der Waals surface area contributed by atoms with E-state index in [9.17, 15) is 9.18 Å². The first-order chi connectivity index (χ1) is 10.6. The highest BCUT2D eigenvalue weighted by Crippen LogP contribution is 2.23. The maximum absolute atomic E-state index is 13.7. The van der Waals surface area contributed by atoms with E-state index < -0.39 is 5.82 Å². The Kier molecular flexibility index (Phi) is 4.17. The number of carbonyl (C=O) groups is 1. The third-order valence-electron chi connectivity index (χ3n) is 3.65. The summed E-state index contributed by atoms with van der Waals surface area (Å²) in [6, 6.07) is 7.70. The van der Waals surface area contributed by atoms with Gasteiger partial charge in [-0.3, -0.25) is 15.6 Å². The smallest absolute Gasteiger partial charge is 0.275 e. The molecule has 1 aliphatic heterocycles. The molecule has 0 radical (unpaired) electrons. The molecule has 0 bridgehead atoms. The molecule has 0 aliphatic carbocycles. The van der Waals surface area contributed by atoms with Crippen molar-refractivity contribution in [2.24, 2.45) is 5.92 Å². The molecule has 7 heteroatoms. The molecular formula is C15H17FN4O2. The maximum atomic E-state index is 13.7. The van der Waals surface area contributed by atoms with Crippen LogP contribution < -0.4 is 10.9 Å². The van der Waals surface area contributed by atoms with E-state index in [0.29, 0.717) is 18.0 Å². The van der Waals surface area contributed by atoms with Crippen molar-refractivity contribution in [2.45, 2.75) is 0 Å². The number of nitrogens with zero attached hydrogens (tertiary/aromatic N) is 2. The van der Waals surface area contributed by atoms with E-state index in [0.717, 1.165) is 13.1 Å². The Morgan fingerprint density at radius 3 is 2.86 bits per heavy atom. The minimum atomic E-state index is -0.408.